The van der Waals surface area contributed by atoms with Crippen molar-refractivity contribution in [3.8, 4) is 0 Å². The number of hydrogen-bond donors (Lipinski definition) is 3. The molecule has 0 bridgehead atoms. The number of aliphatic hydroxyl groups excluding tert-OH is 1. The molecule has 2 aromatic rings. The highest BCUT2D eigenvalue weighted by molar-refractivity contribution is 5.91. The van der Waals surface area contributed by atoms with Gasteiger partial charge in [0.1, 0.15) is 5.65 Å². The fourth-order valence-corrected chi connectivity index (χ4v) is 1.97. The fourth-order valence-electron chi connectivity index (χ4n) is 1.97. The number of anilines is 1. The van der Waals surface area contributed by atoms with E-state index in [4.69, 9.17) is 5.11 Å². The van der Waals surface area contributed by atoms with Gasteiger partial charge in [-0.15, -0.1) is 0 Å². The Hall–Kier alpha value is -2.68. The highest BCUT2D eigenvalue weighted by Gasteiger charge is 2.12. The smallest absolute Gasteiger partial charge is 0.332 e. The van der Waals surface area contributed by atoms with Crippen LogP contribution in [0.3, 0.4) is 0 Å². The molecule has 2 amide bonds. The van der Waals surface area contributed by atoms with Crippen molar-refractivity contribution in [2.75, 3.05) is 11.9 Å². The fraction of sp³-hybridized carbons (Fsp3) is 0.385. The van der Waals surface area contributed by atoms with E-state index in [-0.39, 0.29) is 17.6 Å². The Morgan fingerprint density at radius 1 is 1.36 bits per heavy atom. The number of aryl methyl sites for hydroxylation is 1. The average molecular weight is 307 g/mol. The van der Waals surface area contributed by atoms with E-state index in [1.165, 1.54) is 30.9 Å². The molecule has 0 aliphatic rings. The number of aliphatic hydroxyl groups is 1. The third-order valence-corrected chi connectivity index (χ3v) is 3.20. The lowest BCUT2D eigenvalue weighted by Gasteiger charge is -2.12. The molecule has 9 nitrogen and oxygen atoms in total. The molecule has 0 saturated heterocycles. The molecule has 2 aromatic heterocycles. The van der Waals surface area contributed by atoms with Gasteiger partial charge in [-0.3, -0.25) is 13.9 Å². The van der Waals surface area contributed by atoms with E-state index in [0.29, 0.717) is 5.69 Å². The summed E-state index contributed by atoms with van der Waals surface area (Å²) >= 11 is 0. The quantitative estimate of drug-likeness (QED) is 0.681. The summed E-state index contributed by atoms with van der Waals surface area (Å²) in [6, 6.07) is 0.527. The van der Waals surface area contributed by atoms with Gasteiger partial charge in [0.05, 0.1) is 29.9 Å². The molecule has 0 aromatic carbocycles. The van der Waals surface area contributed by atoms with Crippen LogP contribution in [0.15, 0.2) is 21.9 Å². The standard InChI is InChI=1S/C13H17N5O4/c1-7(6-19)15-12(21)16-8-4-9-10(14-5-8)17(2)13(22)18(3)11(9)20/h4-5,7,19H,6H2,1-3H3,(H2,15,16,21). The summed E-state index contributed by atoms with van der Waals surface area (Å²) in [6.07, 6.45) is 1.35. The first-order valence-electron chi connectivity index (χ1n) is 6.59. The first-order chi connectivity index (χ1) is 10.3. The van der Waals surface area contributed by atoms with Crippen molar-refractivity contribution < 1.29 is 9.90 Å². The van der Waals surface area contributed by atoms with Crippen LogP contribution in [0.5, 0.6) is 0 Å². The molecule has 2 rings (SSSR count). The van der Waals surface area contributed by atoms with Crippen molar-refractivity contribution >= 4 is 22.8 Å². The lowest BCUT2D eigenvalue weighted by molar-refractivity contribution is 0.229. The summed E-state index contributed by atoms with van der Waals surface area (Å²) in [5.41, 5.74) is -0.410. The number of fused-ring (bicyclic) bond motifs is 1. The first-order valence-corrected chi connectivity index (χ1v) is 6.59. The minimum Gasteiger partial charge on any atom is -0.394 e. The molecule has 1 atom stereocenters. The highest BCUT2D eigenvalue weighted by Crippen LogP contribution is 2.11. The summed E-state index contributed by atoms with van der Waals surface area (Å²) in [7, 11) is 2.89. The molecule has 0 saturated carbocycles. The molecule has 0 aliphatic heterocycles. The van der Waals surface area contributed by atoms with Gasteiger partial charge in [0, 0.05) is 14.1 Å². The van der Waals surface area contributed by atoms with Gasteiger partial charge in [0.15, 0.2) is 0 Å². The van der Waals surface area contributed by atoms with Crippen molar-refractivity contribution in [2.45, 2.75) is 13.0 Å². The van der Waals surface area contributed by atoms with Gasteiger partial charge in [-0.05, 0) is 13.0 Å². The van der Waals surface area contributed by atoms with Gasteiger partial charge in [-0.2, -0.15) is 0 Å². The predicted molar refractivity (Wildman–Crippen MR) is 80.9 cm³/mol. The normalized spacial score (nSPS) is 12.2. The topological polar surface area (TPSA) is 118 Å². The van der Waals surface area contributed by atoms with Gasteiger partial charge >= 0.3 is 11.7 Å². The van der Waals surface area contributed by atoms with Crippen molar-refractivity contribution in [3.63, 3.8) is 0 Å². The number of urea groups is 1. The molecule has 0 aliphatic carbocycles. The molecule has 2 heterocycles. The van der Waals surface area contributed by atoms with Crippen molar-refractivity contribution in [1.82, 2.24) is 19.4 Å². The minimum atomic E-state index is -0.524. The maximum Gasteiger partial charge on any atom is 0.332 e. The summed E-state index contributed by atoms with van der Waals surface area (Å²) < 4.78 is 2.23. The average Bonchev–Trinajstić information content (AvgIpc) is 2.50. The second-order valence-electron chi connectivity index (χ2n) is 4.98. The summed E-state index contributed by atoms with van der Waals surface area (Å²) in [6.45, 7) is 1.45. The van der Waals surface area contributed by atoms with Crippen LogP contribution >= 0.6 is 0 Å². The second kappa shape index (κ2) is 5.98. The van der Waals surface area contributed by atoms with Crippen LogP contribution in [0.2, 0.25) is 0 Å². The van der Waals surface area contributed by atoms with Crippen molar-refractivity contribution in [2.24, 2.45) is 14.1 Å². The van der Waals surface area contributed by atoms with E-state index < -0.39 is 23.3 Å². The summed E-state index contributed by atoms with van der Waals surface area (Å²) in [5, 5.41) is 14.1. The number of carbonyl (C=O) groups is 1. The highest BCUT2D eigenvalue weighted by atomic mass is 16.3. The molecular weight excluding hydrogens is 290 g/mol. The monoisotopic (exact) mass is 307 g/mol. The molecule has 22 heavy (non-hydrogen) atoms. The Bertz CT molecular complexity index is 839. The SMILES string of the molecule is CC(CO)NC(=O)Nc1cnc2c(c1)c(=O)n(C)c(=O)n2C. The van der Waals surface area contributed by atoms with Gasteiger partial charge in [-0.25, -0.2) is 14.6 Å². The van der Waals surface area contributed by atoms with E-state index in [2.05, 4.69) is 15.6 Å². The molecule has 118 valence electrons. The van der Waals surface area contributed by atoms with Crippen LogP contribution < -0.4 is 21.9 Å². The number of aromatic nitrogens is 3. The van der Waals surface area contributed by atoms with Crippen LogP contribution in [0.1, 0.15) is 6.92 Å². The van der Waals surface area contributed by atoms with Crippen LogP contribution in [0.4, 0.5) is 10.5 Å². The Labute approximate surface area is 125 Å². The van der Waals surface area contributed by atoms with Crippen molar-refractivity contribution in [3.05, 3.63) is 33.1 Å². The van der Waals surface area contributed by atoms with Crippen LogP contribution in [0, 0.1) is 0 Å². The third-order valence-electron chi connectivity index (χ3n) is 3.20. The zero-order valence-electron chi connectivity index (χ0n) is 12.5. The van der Waals surface area contributed by atoms with Crippen LogP contribution in [-0.4, -0.2) is 37.9 Å². The predicted octanol–water partition coefficient (Wildman–Crippen LogP) is -0.865. The van der Waals surface area contributed by atoms with E-state index in [1.54, 1.807) is 6.92 Å². The van der Waals surface area contributed by atoms with E-state index in [1.807, 2.05) is 0 Å². The first kappa shape index (κ1) is 15.7. The molecule has 9 heteroatoms. The number of pyridine rings is 1. The zero-order chi connectivity index (χ0) is 16.4. The van der Waals surface area contributed by atoms with Gasteiger partial charge < -0.3 is 15.7 Å². The van der Waals surface area contributed by atoms with E-state index >= 15 is 0 Å². The molecule has 0 radical (unpaired) electrons. The Morgan fingerprint density at radius 3 is 2.68 bits per heavy atom. The molecular formula is C13H17N5O4. The minimum absolute atomic E-state index is 0.188. The molecule has 0 fully saturated rings. The van der Waals surface area contributed by atoms with Crippen molar-refractivity contribution in [1.29, 1.82) is 0 Å². The summed E-state index contributed by atoms with van der Waals surface area (Å²) in [5.74, 6) is 0. The van der Waals surface area contributed by atoms with Gasteiger partial charge in [-0.1, -0.05) is 0 Å². The second-order valence-corrected chi connectivity index (χ2v) is 4.98. The summed E-state index contributed by atoms with van der Waals surface area (Å²) in [4.78, 5) is 39.7. The molecule has 3 N–H and O–H groups in total. The zero-order valence-corrected chi connectivity index (χ0v) is 12.5. The maximum atomic E-state index is 12.1. The van der Waals surface area contributed by atoms with E-state index in [0.717, 1.165) is 4.57 Å². The number of rotatable bonds is 3. The maximum absolute atomic E-state index is 12.1. The Morgan fingerprint density at radius 2 is 2.05 bits per heavy atom. The third kappa shape index (κ3) is 2.84. The van der Waals surface area contributed by atoms with Gasteiger partial charge in [0.25, 0.3) is 5.56 Å². The Kier molecular flexibility index (Phi) is 4.27. The van der Waals surface area contributed by atoms with Gasteiger partial charge in [0.2, 0.25) is 0 Å². The number of nitrogens with zero attached hydrogens (tertiary/aromatic N) is 3. The van der Waals surface area contributed by atoms with Crippen LogP contribution in [0.25, 0.3) is 11.0 Å². The number of nitrogens with one attached hydrogen (secondary N) is 2. The molecule has 1 unspecified atom stereocenters. The number of amides is 2. The van der Waals surface area contributed by atoms with Crippen LogP contribution in [-0.2, 0) is 14.1 Å². The molecule has 0 spiro atoms. The lowest BCUT2D eigenvalue weighted by Crippen LogP contribution is -2.38. The number of hydrogen-bond acceptors (Lipinski definition) is 5. The largest absolute Gasteiger partial charge is 0.394 e. The lowest BCUT2D eigenvalue weighted by atomic mass is 10.3. The number of carbonyl (C=O) groups excluding carboxylic acids is 1. The Balaban J connectivity index is 2.41. The van der Waals surface area contributed by atoms with E-state index in [9.17, 15) is 14.4 Å².